The number of hydrogen-bond acceptors (Lipinski definition) is 3. The molecule has 5 nitrogen and oxygen atoms in total. The van der Waals surface area contributed by atoms with Gasteiger partial charge in [-0.2, -0.15) is 0 Å². The summed E-state index contributed by atoms with van der Waals surface area (Å²) < 4.78 is 5.50. The van der Waals surface area contributed by atoms with E-state index in [4.69, 9.17) is 4.74 Å². The van der Waals surface area contributed by atoms with E-state index < -0.39 is 0 Å². The standard InChI is InChI=1S/C13H22N2O3/c1-4-18-10-5-9(6-10)15-7-11(16)14-12(8(2)3)13(15)17/h8-10,12H,4-7H2,1-3H3,(H,14,16). The molecular weight excluding hydrogens is 232 g/mol. The average molecular weight is 254 g/mol. The summed E-state index contributed by atoms with van der Waals surface area (Å²) in [7, 11) is 0. The van der Waals surface area contributed by atoms with Crippen molar-refractivity contribution in [3.8, 4) is 0 Å². The van der Waals surface area contributed by atoms with Crippen molar-refractivity contribution in [2.75, 3.05) is 13.2 Å². The molecular formula is C13H22N2O3. The molecule has 2 fully saturated rings. The number of amides is 2. The Labute approximate surface area is 108 Å². The van der Waals surface area contributed by atoms with Gasteiger partial charge < -0.3 is 15.0 Å². The Morgan fingerprint density at radius 3 is 2.61 bits per heavy atom. The fraction of sp³-hybridized carbons (Fsp3) is 0.846. The van der Waals surface area contributed by atoms with Crippen LogP contribution in [0.4, 0.5) is 0 Å². The van der Waals surface area contributed by atoms with Crippen molar-refractivity contribution >= 4 is 11.8 Å². The third kappa shape index (κ3) is 2.51. The minimum Gasteiger partial charge on any atom is -0.378 e. The second-order valence-corrected chi connectivity index (χ2v) is 5.46. The number of carbonyl (C=O) groups is 2. The first-order chi connectivity index (χ1) is 8.52. The molecule has 2 rings (SSSR count). The first kappa shape index (κ1) is 13.3. The summed E-state index contributed by atoms with van der Waals surface area (Å²) in [5, 5.41) is 2.77. The zero-order valence-corrected chi connectivity index (χ0v) is 11.3. The monoisotopic (exact) mass is 254 g/mol. The lowest BCUT2D eigenvalue weighted by Gasteiger charge is -2.45. The molecule has 1 saturated carbocycles. The molecule has 0 aromatic heterocycles. The zero-order valence-electron chi connectivity index (χ0n) is 11.3. The number of nitrogens with zero attached hydrogens (tertiary/aromatic N) is 1. The summed E-state index contributed by atoms with van der Waals surface area (Å²) in [5.41, 5.74) is 0. The lowest BCUT2D eigenvalue weighted by molar-refractivity contribution is -0.153. The van der Waals surface area contributed by atoms with Crippen LogP contribution in [0.15, 0.2) is 0 Å². The Balaban J connectivity index is 1.96. The highest BCUT2D eigenvalue weighted by atomic mass is 16.5. The van der Waals surface area contributed by atoms with E-state index in [1.807, 2.05) is 20.8 Å². The molecule has 1 aliphatic carbocycles. The summed E-state index contributed by atoms with van der Waals surface area (Å²) in [6.45, 7) is 6.79. The topological polar surface area (TPSA) is 58.6 Å². The molecule has 1 unspecified atom stereocenters. The molecule has 102 valence electrons. The molecule has 0 bridgehead atoms. The molecule has 1 N–H and O–H groups in total. The van der Waals surface area contributed by atoms with Crippen LogP contribution in [0.1, 0.15) is 33.6 Å². The van der Waals surface area contributed by atoms with Crippen molar-refractivity contribution < 1.29 is 14.3 Å². The van der Waals surface area contributed by atoms with E-state index in [9.17, 15) is 9.59 Å². The maximum atomic E-state index is 12.3. The molecule has 1 aliphatic heterocycles. The van der Waals surface area contributed by atoms with E-state index in [-0.39, 0.29) is 42.5 Å². The van der Waals surface area contributed by atoms with Gasteiger partial charge in [0.15, 0.2) is 0 Å². The maximum absolute atomic E-state index is 12.3. The molecule has 0 aromatic carbocycles. The summed E-state index contributed by atoms with van der Waals surface area (Å²) in [4.78, 5) is 25.7. The minimum absolute atomic E-state index is 0.0480. The van der Waals surface area contributed by atoms with Gasteiger partial charge in [0.1, 0.15) is 6.04 Å². The quantitative estimate of drug-likeness (QED) is 0.796. The molecule has 2 amide bonds. The molecule has 0 spiro atoms. The number of hydrogen-bond donors (Lipinski definition) is 1. The second kappa shape index (κ2) is 5.26. The molecule has 2 aliphatic rings. The Hall–Kier alpha value is -1.10. The highest BCUT2D eigenvalue weighted by Crippen LogP contribution is 2.30. The molecule has 5 heteroatoms. The largest absolute Gasteiger partial charge is 0.378 e. The van der Waals surface area contributed by atoms with Crippen molar-refractivity contribution in [2.45, 2.75) is 51.8 Å². The van der Waals surface area contributed by atoms with E-state index in [0.717, 1.165) is 12.8 Å². The van der Waals surface area contributed by atoms with Crippen LogP contribution in [-0.4, -0.2) is 48.1 Å². The van der Waals surface area contributed by atoms with Crippen LogP contribution in [-0.2, 0) is 14.3 Å². The van der Waals surface area contributed by atoms with Gasteiger partial charge in [0.2, 0.25) is 11.8 Å². The first-order valence-corrected chi connectivity index (χ1v) is 6.74. The van der Waals surface area contributed by atoms with Gasteiger partial charge in [-0.3, -0.25) is 9.59 Å². The van der Waals surface area contributed by atoms with Gasteiger partial charge in [-0.05, 0) is 25.7 Å². The predicted octanol–water partition coefficient (Wildman–Crippen LogP) is 0.537. The van der Waals surface area contributed by atoms with Crippen molar-refractivity contribution in [3.63, 3.8) is 0 Å². The zero-order chi connectivity index (χ0) is 13.3. The molecule has 1 saturated heterocycles. The van der Waals surface area contributed by atoms with Crippen LogP contribution < -0.4 is 5.32 Å². The number of rotatable bonds is 4. The molecule has 1 heterocycles. The summed E-state index contributed by atoms with van der Waals surface area (Å²) in [6, 6.07) is -0.182. The van der Waals surface area contributed by atoms with Gasteiger partial charge in [-0.15, -0.1) is 0 Å². The van der Waals surface area contributed by atoms with Gasteiger partial charge >= 0.3 is 0 Å². The highest BCUT2D eigenvalue weighted by Gasteiger charge is 2.42. The van der Waals surface area contributed by atoms with Crippen molar-refractivity contribution in [1.29, 1.82) is 0 Å². The van der Waals surface area contributed by atoms with Crippen molar-refractivity contribution in [2.24, 2.45) is 5.92 Å². The van der Waals surface area contributed by atoms with Crippen LogP contribution >= 0.6 is 0 Å². The predicted molar refractivity (Wildman–Crippen MR) is 66.9 cm³/mol. The van der Waals surface area contributed by atoms with Crippen LogP contribution in [0.5, 0.6) is 0 Å². The summed E-state index contributed by atoms with van der Waals surface area (Å²) >= 11 is 0. The van der Waals surface area contributed by atoms with Crippen molar-refractivity contribution in [1.82, 2.24) is 10.2 Å². The molecule has 1 atom stereocenters. The normalized spacial score (nSPS) is 32.4. The second-order valence-electron chi connectivity index (χ2n) is 5.46. The number of nitrogens with one attached hydrogen (secondary N) is 1. The van der Waals surface area contributed by atoms with Gasteiger partial charge in [0.05, 0.1) is 12.6 Å². The Bertz CT molecular complexity index is 337. The van der Waals surface area contributed by atoms with E-state index in [1.165, 1.54) is 0 Å². The molecule has 0 aromatic rings. The van der Waals surface area contributed by atoms with Crippen LogP contribution in [0, 0.1) is 5.92 Å². The average Bonchev–Trinajstić information content (AvgIpc) is 2.26. The summed E-state index contributed by atoms with van der Waals surface area (Å²) in [6.07, 6.45) is 1.98. The Morgan fingerprint density at radius 1 is 1.39 bits per heavy atom. The third-order valence-corrected chi connectivity index (χ3v) is 3.76. The molecule has 0 radical (unpaired) electrons. The minimum atomic E-state index is -0.364. The SMILES string of the molecule is CCOC1CC(N2CC(=O)NC(C(C)C)C2=O)C1. The number of ether oxygens (including phenoxy) is 1. The van der Waals surface area contributed by atoms with Gasteiger partial charge in [-0.1, -0.05) is 13.8 Å². The third-order valence-electron chi connectivity index (χ3n) is 3.76. The van der Waals surface area contributed by atoms with Gasteiger partial charge in [-0.25, -0.2) is 0 Å². The highest BCUT2D eigenvalue weighted by molar-refractivity contribution is 5.95. The maximum Gasteiger partial charge on any atom is 0.246 e. The molecule has 18 heavy (non-hydrogen) atoms. The van der Waals surface area contributed by atoms with E-state index in [2.05, 4.69) is 5.32 Å². The Morgan fingerprint density at radius 2 is 2.06 bits per heavy atom. The first-order valence-electron chi connectivity index (χ1n) is 6.74. The number of carbonyl (C=O) groups excluding carboxylic acids is 2. The fourth-order valence-electron chi connectivity index (χ4n) is 2.62. The van der Waals surface area contributed by atoms with Crippen LogP contribution in [0.3, 0.4) is 0 Å². The lowest BCUT2D eigenvalue weighted by Crippen LogP contribution is -2.64. The fourth-order valence-corrected chi connectivity index (χ4v) is 2.62. The summed E-state index contributed by atoms with van der Waals surface area (Å²) in [5.74, 6) is 0.143. The Kier molecular flexibility index (Phi) is 3.90. The van der Waals surface area contributed by atoms with Gasteiger partial charge in [0, 0.05) is 12.6 Å². The van der Waals surface area contributed by atoms with Crippen molar-refractivity contribution in [3.05, 3.63) is 0 Å². The van der Waals surface area contributed by atoms with E-state index >= 15 is 0 Å². The lowest BCUT2D eigenvalue weighted by atomic mass is 9.86. The van der Waals surface area contributed by atoms with Crippen LogP contribution in [0.25, 0.3) is 0 Å². The van der Waals surface area contributed by atoms with E-state index in [1.54, 1.807) is 4.90 Å². The smallest absolute Gasteiger partial charge is 0.246 e. The van der Waals surface area contributed by atoms with Crippen LogP contribution in [0.2, 0.25) is 0 Å². The number of piperazine rings is 1. The van der Waals surface area contributed by atoms with E-state index in [0.29, 0.717) is 6.61 Å². The van der Waals surface area contributed by atoms with Gasteiger partial charge in [0.25, 0.3) is 0 Å².